The van der Waals surface area contributed by atoms with Crippen LogP contribution in [0.25, 0.3) is 0 Å². The van der Waals surface area contributed by atoms with Crippen molar-refractivity contribution < 1.29 is 9.59 Å². The molecular weight excluding hydrogens is 400 g/mol. The van der Waals surface area contributed by atoms with E-state index in [1.807, 2.05) is 44.2 Å². The molecule has 4 nitrogen and oxygen atoms in total. The van der Waals surface area contributed by atoms with E-state index in [4.69, 9.17) is 12.2 Å². The molecule has 1 heterocycles. The van der Waals surface area contributed by atoms with Crippen LogP contribution in [0.2, 0.25) is 0 Å². The maximum absolute atomic E-state index is 12.5. The van der Waals surface area contributed by atoms with Crippen LogP contribution in [0.4, 0.5) is 0 Å². The first-order valence-electron chi connectivity index (χ1n) is 9.83. The third-order valence-corrected chi connectivity index (χ3v) is 6.27. The molecule has 1 N–H and O–H groups in total. The number of nitrogens with one attached hydrogen (secondary N) is 1. The van der Waals surface area contributed by atoms with E-state index in [1.54, 1.807) is 4.90 Å². The predicted molar refractivity (Wildman–Crippen MR) is 123 cm³/mol. The van der Waals surface area contributed by atoms with Crippen molar-refractivity contribution in [2.75, 3.05) is 6.54 Å². The van der Waals surface area contributed by atoms with Gasteiger partial charge in [0.2, 0.25) is 11.8 Å². The van der Waals surface area contributed by atoms with Crippen molar-refractivity contribution >= 4 is 40.1 Å². The lowest BCUT2D eigenvalue weighted by Crippen LogP contribution is -2.36. The van der Waals surface area contributed by atoms with Crippen LogP contribution < -0.4 is 5.32 Å². The number of thioether (sulfide) groups is 1. The van der Waals surface area contributed by atoms with Gasteiger partial charge in [0.15, 0.2) is 0 Å². The number of rotatable bonds is 8. The fraction of sp³-hybridized carbons (Fsp3) is 0.348. The summed E-state index contributed by atoms with van der Waals surface area (Å²) in [5.74, 6) is 0.169. The molecule has 6 heteroatoms. The summed E-state index contributed by atoms with van der Waals surface area (Å²) in [6.45, 7) is 5.16. The van der Waals surface area contributed by atoms with E-state index in [1.165, 1.54) is 22.9 Å². The number of carbonyl (C=O) groups is 2. The van der Waals surface area contributed by atoms with Crippen molar-refractivity contribution in [2.24, 2.45) is 5.92 Å². The fourth-order valence-corrected chi connectivity index (χ4v) is 4.72. The van der Waals surface area contributed by atoms with Gasteiger partial charge in [0.05, 0.1) is 5.25 Å². The number of carbonyl (C=O) groups excluding carboxylic acids is 2. The molecule has 0 saturated carbocycles. The summed E-state index contributed by atoms with van der Waals surface area (Å²) in [5, 5.41) is 2.51. The van der Waals surface area contributed by atoms with E-state index in [-0.39, 0.29) is 18.2 Å². The van der Waals surface area contributed by atoms with Gasteiger partial charge in [0, 0.05) is 19.5 Å². The Labute approximate surface area is 182 Å². The molecule has 152 valence electrons. The Morgan fingerprint density at radius 2 is 1.69 bits per heavy atom. The first kappa shape index (κ1) is 21.5. The molecule has 1 atom stereocenters. The molecule has 0 spiro atoms. The lowest BCUT2D eigenvalue weighted by Gasteiger charge is -2.17. The minimum absolute atomic E-state index is 0.0471. The second-order valence-electron chi connectivity index (χ2n) is 7.67. The molecule has 1 fully saturated rings. The van der Waals surface area contributed by atoms with Gasteiger partial charge in [-0.3, -0.25) is 14.5 Å². The summed E-state index contributed by atoms with van der Waals surface area (Å²) in [6.07, 6.45) is 1.05. The van der Waals surface area contributed by atoms with Crippen LogP contribution in [0, 0.1) is 5.92 Å². The summed E-state index contributed by atoms with van der Waals surface area (Å²) in [5.41, 5.74) is 3.55. The maximum atomic E-state index is 12.5. The smallest absolute Gasteiger partial charge is 0.242 e. The molecule has 0 bridgehead atoms. The maximum Gasteiger partial charge on any atom is 0.242 e. The highest BCUT2D eigenvalue weighted by molar-refractivity contribution is 8.24. The van der Waals surface area contributed by atoms with Crippen LogP contribution in [0.1, 0.15) is 37.0 Å². The number of benzene rings is 2. The quantitative estimate of drug-likeness (QED) is 0.644. The average molecular weight is 427 g/mol. The van der Waals surface area contributed by atoms with Crippen molar-refractivity contribution in [2.45, 2.75) is 38.5 Å². The Balaban J connectivity index is 1.47. The number of hydrogen-bond acceptors (Lipinski definition) is 4. The molecule has 0 aromatic heterocycles. The SMILES string of the molecule is CC(C)CN1C(=O)C(CC(=O)NCc2ccc(Cc3ccccc3)cc2)SC1=S. The fourth-order valence-electron chi connectivity index (χ4n) is 3.21. The minimum Gasteiger partial charge on any atom is -0.352 e. The molecule has 3 rings (SSSR count). The molecule has 2 amide bonds. The third-order valence-electron chi connectivity index (χ3n) is 4.69. The molecule has 2 aromatic rings. The van der Waals surface area contributed by atoms with Gasteiger partial charge in [0.25, 0.3) is 0 Å². The molecule has 1 unspecified atom stereocenters. The highest BCUT2D eigenvalue weighted by Gasteiger charge is 2.38. The summed E-state index contributed by atoms with van der Waals surface area (Å²) in [7, 11) is 0. The molecule has 2 aromatic carbocycles. The van der Waals surface area contributed by atoms with Crippen molar-refractivity contribution in [1.29, 1.82) is 0 Å². The number of thiocarbonyl (C=S) groups is 1. The van der Waals surface area contributed by atoms with Crippen LogP contribution in [0.5, 0.6) is 0 Å². The van der Waals surface area contributed by atoms with Gasteiger partial charge in [-0.15, -0.1) is 0 Å². The van der Waals surface area contributed by atoms with Crippen LogP contribution >= 0.6 is 24.0 Å². The number of amides is 2. The standard InChI is InChI=1S/C23H26N2O2S2/c1-16(2)15-25-22(27)20(29-23(25)28)13-21(26)24-14-19-10-8-18(9-11-19)12-17-6-4-3-5-7-17/h3-11,16,20H,12-15H2,1-2H3,(H,24,26). The molecule has 0 radical (unpaired) electrons. The first-order chi connectivity index (χ1) is 13.9. The lowest BCUT2D eigenvalue weighted by molar-refractivity contribution is -0.129. The van der Waals surface area contributed by atoms with Gasteiger partial charge < -0.3 is 5.32 Å². The minimum atomic E-state index is -0.408. The van der Waals surface area contributed by atoms with Crippen LogP contribution in [0.3, 0.4) is 0 Å². The van der Waals surface area contributed by atoms with Gasteiger partial charge in [-0.1, -0.05) is 92.4 Å². The zero-order chi connectivity index (χ0) is 20.8. The Morgan fingerprint density at radius 3 is 2.34 bits per heavy atom. The third kappa shape index (κ3) is 6.15. The second-order valence-corrected chi connectivity index (χ2v) is 9.51. The predicted octanol–water partition coefficient (Wildman–Crippen LogP) is 4.17. The largest absolute Gasteiger partial charge is 0.352 e. The Bertz CT molecular complexity index is 866. The van der Waals surface area contributed by atoms with E-state index in [2.05, 4.69) is 29.6 Å². The van der Waals surface area contributed by atoms with E-state index in [0.29, 0.717) is 23.3 Å². The lowest BCUT2D eigenvalue weighted by atomic mass is 10.0. The molecule has 1 saturated heterocycles. The van der Waals surface area contributed by atoms with Gasteiger partial charge in [-0.25, -0.2) is 0 Å². The summed E-state index contributed by atoms with van der Waals surface area (Å²) < 4.78 is 0.579. The van der Waals surface area contributed by atoms with Gasteiger partial charge >= 0.3 is 0 Å². The monoisotopic (exact) mass is 426 g/mol. The molecular formula is C23H26N2O2S2. The van der Waals surface area contributed by atoms with Gasteiger partial charge in [-0.2, -0.15) is 0 Å². The Hall–Kier alpha value is -2.18. The van der Waals surface area contributed by atoms with E-state index >= 15 is 0 Å². The molecule has 29 heavy (non-hydrogen) atoms. The number of nitrogens with zero attached hydrogens (tertiary/aromatic N) is 1. The van der Waals surface area contributed by atoms with Crippen molar-refractivity contribution in [1.82, 2.24) is 10.2 Å². The van der Waals surface area contributed by atoms with Crippen molar-refractivity contribution in [3.05, 3.63) is 71.3 Å². The van der Waals surface area contributed by atoms with Crippen molar-refractivity contribution in [3.63, 3.8) is 0 Å². The summed E-state index contributed by atoms with van der Waals surface area (Å²) in [6, 6.07) is 18.6. The van der Waals surface area contributed by atoms with Crippen LogP contribution in [0.15, 0.2) is 54.6 Å². The zero-order valence-corrected chi connectivity index (χ0v) is 18.4. The first-order valence-corrected chi connectivity index (χ1v) is 11.1. The average Bonchev–Trinajstić information content (AvgIpc) is 2.95. The topological polar surface area (TPSA) is 49.4 Å². The van der Waals surface area contributed by atoms with Gasteiger partial charge in [0.1, 0.15) is 4.32 Å². The van der Waals surface area contributed by atoms with E-state index < -0.39 is 5.25 Å². The summed E-state index contributed by atoms with van der Waals surface area (Å²) in [4.78, 5) is 26.4. The molecule has 0 aliphatic carbocycles. The highest BCUT2D eigenvalue weighted by atomic mass is 32.2. The van der Waals surface area contributed by atoms with Crippen molar-refractivity contribution in [3.8, 4) is 0 Å². The second kappa shape index (κ2) is 10.0. The van der Waals surface area contributed by atoms with Gasteiger partial charge in [-0.05, 0) is 29.0 Å². The van der Waals surface area contributed by atoms with Crippen LogP contribution in [-0.2, 0) is 22.6 Å². The summed E-state index contributed by atoms with van der Waals surface area (Å²) >= 11 is 6.63. The number of hydrogen-bond donors (Lipinski definition) is 1. The Morgan fingerprint density at radius 1 is 1.07 bits per heavy atom. The Kier molecular flexibility index (Phi) is 7.45. The molecule has 1 aliphatic rings. The van der Waals surface area contributed by atoms with E-state index in [0.717, 1.165) is 12.0 Å². The van der Waals surface area contributed by atoms with E-state index in [9.17, 15) is 9.59 Å². The zero-order valence-electron chi connectivity index (χ0n) is 16.8. The molecule has 1 aliphatic heterocycles. The normalized spacial score (nSPS) is 16.5. The van der Waals surface area contributed by atoms with Crippen LogP contribution in [-0.4, -0.2) is 32.8 Å². The highest BCUT2D eigenvalue weighted by Crippen LogP contribution is 2.30.